The lowest BCUT2D eigenvalue weighted by molar-refractivity contribution is 0.733. The minimum Gasteiger partial charge on any atom is -0.327 e. The number of benzene rings is 1. The minimum atomic E-state index is 0.557. The van der Waals surface area contributed by atoms with Crippen molar-refractivity contribution >= 4 is 0 Å². The van der Waals surface area contributed by atoms with Crippen molar-refractivity contribution in [2.75, 3.05) is 13.1 Å². The summed E-state index contributed by atoms with van der Waals surface area (Å²) in [5.41, 5.74) is 7.73. The van der Waals surface area contributed by atoms with Crippen LogP contribution in [-0.2, 0) is 6.54 Å². The van der Waals surface area contributed by atoms with Crippen LogP contribution in [0.25, 0.3) is 0 Å². The molecule has 0 amide bonds. The largest absolute Gasteiger partial charge is 0.327 e. The second-order valence-electron chi connectivity index (χ2n) is 3.04. The lowest BCUT2D eigenvalue weighted by Gasteiger charge is -2.05. The molecular weight excluding hydrogens is 160 g/mol. The molecule has 0 fully saturated rings. The van der Waals surface area contributed by atoms with E-state index >= 15 is 0 Å². The molecule has 0 aliphatic carbocycles. The van der Waals surface area contributed by atoms with Gasteiger partial charge in [-0.25, -0.2) is 0 Å². The van der Waals surface area contributed by atoms with E-state index in [0.29, 0.717) is 6.54 Å². The molecule has 1 rings (SSSR count). The summed E-state index contributed by atoms with van der Waals surface area (Å²) in [5, 5.41) is 3.27. The lowest BCUT2D eigenvalue weighted by atomic mass is 10.2. The van der Waals surface area contributed by atoms with Crippen LogP contribution in [0.15, 0.2) is 42.5 Å². The molecule has 0 aliphatic rings. The number of nitrogens with two attached hydrogens (primary N) is 1. The number of nitrogens with one attached hydrogen (secondary N) is 1. The molecular formula is C11H16N2. The molecule has 0 saturated heterocycles. The van der Waals surface area contributed by atoms with Gasteiger partial charge in [-0.2, -0.15) is 0 Å². The van der Waals surface area contributed by atoms with Crippen LogP contribution in [0.4, 0.5) is 0 Å². The molecule has 0 saturated carbocycles. The van der Waals surface area contributed by atoms with Gasteiger partial charge in [0, 0.05) is 19.6 Å². The van der Waals surface area contributed by atoms with Crippen LogP contribution in [0.1, 0.15) is 5.56 Å². The van der Waals surface area contributed by atoms with Gasteiger partial charge in [-0.1, -0.05) is 42.5 Å². The topological polar surface area (TPSA) is 38.0 Å². The summed E-state index contributed by atoms with van der Waals surface area (Å²) in [6.45, 7) is 6.05. The molecule has 2 heteroatoms. The van der Waals surface area contributed by atoms with Crippen LogP contribution in [0.3, 0.4) is 0 Å². The highest BCUT2D eigenvalue weighted by Gasteiger charge is 1.91. The summed E-state index contributed by atoms with van der Waals surface area (Å²) in [6, 6.07) is 10.3. The Morgan fingerprint density at radius 1 is 1.31 bits per heavy atom. The molecule has 2 nitrogen and oxygen atoms in total. The van der Waals surface area contributed by atoms with E-state index in [9.17, 15) is 0 Å². The molecule has 70 valence electrons. The third-order valence-electron chi connectivity index (χ3n) is 1.84. The van der Waals surface area contributed by atoms with Gasteiger partial charge in [0.15, 0.2) is 0 Å². The van der Waals surface area contributed by atoms with E-state index in [2.05, 4.69) is 24.0 Å². The van der Waals surface area contributed by atoms with Crippen LogP contribution in [0, 0.1) is 0 Å². The third kappa shape index (κ3) is 3.87. The van der Waals surface area contributed by atoms with Gasteiger partial charge in [-0.3, -0.25) is 0 Å². The van der Waals surface area contributed by atoms with Gasteiger partial charge in [0.1, 0.15) is 0 Å². The van der Waals surface area contributed by atoms with Crippen molar-refractivity contribution in [1.82, 2.24) is 5.32 Å². The zero-order valence-electron chi connectivity index (χ0n) is 7.79. The fourth-order valence-electron chi connectivity index (χ4n) is 1.05. The van der Waals surface area contributed by atoms with Gasteiger partial charge in [0.2, 0.25) is 0 Å². The molecule has 0 radical (unpaired) electrons. The Hall–Kier alpha value is -1.12. The standard InChI is InChI=1S/C11H16N2/c1-10(7-12)8-13-9-11-5-3-2-4-6-11/h2-6,13H,1,7-9,12H2. The summed E-state index contributed by atoms with van der Waals surface area (Å²) in [6.07, 6.45) is 0. The van der Waals surface area contributed by atoms with Crippen molar-refractivity contribution in [2.45, 2.75) is 6.54 Å². The summed E-state index contributed by atoms with van der Waals surface area (Å²) < 4.78 is 0. The van der Waals surface area contributed by atoms with Crippen LogP contribution in [0.5, 0.6) is 0 Å². The average Bonchev–Trinajstić information content (AvgIpc) is 2.19. The molecule has 1 aromatic rings. The highest BCUT2D eigenvalue weighted by molar-refractivity contribution is 5.14. The first-order valence-corrected chi connectivity index (χ1v) is 4.44. The molecule has 13 heavy (non-hydrogen) atoms. The normalized spacial score (nSPS) is 9.92. The fourth-order valence-corrected chi connectivity index (χ4v) is 1.05. The van der Waals surface area contributed by atoms with E-state index in [-0.39, 0.29) is 0 Å². The van der Waals surface area contributed by atoms with Gasteiger partial charge in [-0.15, -0.1) is 0 Å². The second-order valence-corrected chi connectivity index (χ2v) is 3.04. The quantitative estimate of drug-likeness (QED) is 0.663. The minimum absolute atomic E-state index is 0.557. The summed E-state index contributed by atoms with van der Waals surface area (Å²) in [4.78, 5) is 0. The van der Waals surface area contributed by atoms with Crippen LogP contribution in [-0.4, -0.2) is 13.1 Å². The van der Waals surface area contributed by atoms with E-state index in [1.165, 1.54) is 5.56 Å². The summed E-state index contributed by atoms with van der Waals surface area (Å²) in [5.74, 6) is 0. The van der Waals surface area contributed by atoms with E-state index in [4.69, 9.17) is 5.73 Å². The Morgan fingerprint density at radius 3 is 2.62 bits per heavy atom. The second kappa shape index (κ2) is 5.51. The highest BCUT2D eigenvalue weighted by Crippen LogP contribution is 1.97. The Morgan fingerprint density at radius 2 is 2.00 bits per heavy atom. The predicted molar refractivity (Wildman–Crippen MR) is 56.3 cm³/mol. The van der Waals surface area contributed by atoms with Crippen molar-refractivity contribution in [3.8, 4) is 0 Å². The van der Waals surface area contributed by atoms with Crippen molar-refractivity contribution in [3.63, 3.8) is 0 Å². The summed E-state index contributed by atoms with van der Waals surface area (Å²) >= 11 is 0. The first-order valence-electron chi connectivity index (χ1n) is 4.44. The Balaban J connectivity index is 2.24. The number of rotatable bonds is 5. The Labute approximate surface area is 79.5 Å². The molecule has 0 unspecified atom stereocenters. The smallest absolute Gasteiger partial charge is 0.0208 e. The maximum atomic E-state index is 5.41. The zero-order valence-corrected chi connectivity index (χ0v) is 7.79. The van der Waals surface area contributed by atoms with Crippen molar-refractivity contribution in [1.29, 1.82) is 0 Å². The molecule has 0 bridgehead atoms. The van der Waals surface area contributed by atoms with Crippen molar-refractivity contribution in [3.05, 3.63) is 48.0 Å². The maximum Gasteiger partial charge on any atom is 0.0208 e. The first kappa shape index (κ1) is 9.96. The SMILES string of the molecule is C=C(CN)CNCc1ccccc1. The molecule has 0 atom stereocenters. The first-order chi connectivity index (χ1) is 6.33. The van der Waals surface area contributed by atoms with Crippen LogP contribution >= 0.6 is 0 Å². The lowest BCUT2D eigenvalue weighted by Crippen LogP contribution is -2.19. The van der Waals surface area contributed by atoms with Gasteiger partial charge in [0.25, 0.3) is 0 Å². The van der Waals surface area contributed by atoms with Gasteiger partial charge in [-0.05, 0) is 5.56 Å². The molecule has 1 aromatic carbocycles. The maximum absolute atomic E-state index is 5.41. The van der Waals surface area contributed by atoms with Crippen LogP contribution < -0.4 is 11.1 Å². The average molecular weight is 176 g/mol. The van der Waals surface area contributed by atoms with Crippen molar-refractivity contribution < 1.29 is 0 Å². The van der Waals surface area contributed by atoms with Crippen molar-refractivity contribution in [2.24, 2.45) is 5.73 Å². The highest BCUT2D eigenvalue weighted by atomic mass is 14.9. The molecule has 0 aromatic heterocycles. The Kier molecular flexibility index (Phi) is 4.23. The molecule has 3 N–H and O–H groups in total. The Bertz CT molecular complexity index is 254. The van der Waals surface area contributed by atoms with Gasteiger partial charge < -0.3 is 11.1 Å². The van der Waals surface area contributed by atoms with E-state index in [0.717, 1.165) is 18.7 Å². The van der Waals surface area contributed by atoms with E-state index in [1.807, 2.05) is 18.2 Å². The monoisotopic (exact) mass is 176 g/mol. The number of hydrogen-bond donors (Lipinski definition) is 2. The molecule has 0 spiro atoms. The van der Waals surface area contributed by atoms with Gasteiger partial charge >= 0.3 is 0 Å². The zero-order chi connectivity index (χ0) is 9.52. The molecule has 0 aliphatic heterocycles. The van der Waals surface area contributed by atoms with E-state index in [1.54, 1.807) is 0 Å². The molecule has 0 heterocycles. The third-order valence-corrected chi connectivity index (χ3v) is 1.84. The number of hydrogen-bond acceptors (Lipinski definition) is 2. The predicted octanol–water partition coefficient (Wildman–Crippen LogP) is 1.29. The van der Waals surface area contributed by atoms with Gasteiger partial charge in [0.05, 0.1) is 0 Å². The summed E-state index contributed by atoms with van der Waals surface area (Å²) in [7, 11) is 0. The van der Waals surface area contributed by atoms with Crippen LogP contribution in [0.2, 0.25) is 0 Å². The fraction of sp³-hybridized carbons (Fsp3) is 0.273. The van der Waals surface area contributed by atoms with E-state index < -0.39 is 0 Å².